The molecule has 1 heterocycles. The molecule has 1 N–H and O–H groups in total. The molecule has 0 amide bonds. The summed E-state index contributed by atoms with van der Waals surface area (Å²) in [5.74, 6) is -0.789. The molecule has 1 aromatic rings. The van der Waals surface area contributed by atoms with Crippen LogP contribution < -0.4 is 0 Å². The van der Waals surface area contributed by atoms with Gasteiger partial charge in [-0.15, -0.1) is 0 Å². The molecule has 16 heavy (non-hydrogen) atoms. The van der Waals surface area contributed by atoms with E-state index >= 15 is 0 Å². The Morgan fingerprint density at radius 1 is 1.31 bits per heavy atom. The summed E-state index contributed by atoms with van der Waals surface area (Å²) in [5.41, 5.74) is 1.55. The summed E-state index contributed by atoms with van der Waals surface area (Å²) in [7, 11) is 2.62. The second kappa shape index (κ2) is 5.29. The van der Waals surface area contributed by atoms with Crippen LogP contribution in [0.2, 0.25) is 0 Å². The maximum absolute atomic E-state index is 11.4. The average molecular weight is 226 g/mol. The van der Waals surface area contributed by atoms with Crippen molar-refractivity contribution in [3.8, 4) is 0 Å². The molecule has 0 saturated heterocycles. The molecule has 0 bridgehead atoms. The molecule has 0 spiro atoms. The highest BCUT2D eigenvalue weighted by molar-refractivity contribution is 5.91. The van der Waals surface area contributed by atoms with Crippen LogP contribution >= 0.6 is 0 Å². The van der Waals surface area contributed by atoms with Crippen molar-refractivity contribution in [2.45, 2.75) is 19.8 Å². The largest absolute Gasteiger partial charge is 0.469 e. The number of esters is 2. The number of nitrogens with one attached hydrogen (secondary N) is 1. The van der Waals surface area contributed by atoms with Crippen LogP contribution in [0.3, 0.4) is 0 Å². The van der Waals surface area contributed by atoms with Crippen molar-refractivity contribution in [3.63, 3.8) is 0 Å². The van der Waals surface area contributed by atoms with E-state index in [4.69, 9.17) is 0 Å². The standard InChI is InChI=1S/C10H14N2O4/c1-6-9(10(14)16-3)7(12-11-6)4-5-8(13)15-2/h4-5H2,1-3H3,(H,11,12). The predicted octanol–water partition coefficient (Wildman–Crippen LogP) is 0.610. The molecule has 0 aliphatic heterocycles. The van der Waals surface area contributed by atoms with Crippen molar-refractivity contribution in [2.75, 3.05) is 14.2 Å². The number of carbonyl (C=O) groups excluding carboxylic acids is 2. The molecule has 88 valence electrons. The monoisotopic (exact) mass is 226 g/mol. The van der Waals surface area contributed by atoms with Crippen LogP contribution in [0.4, 0.5) is 0 Å². The number of nitrogens with zero attached hydrogens (tertiary/aromatic N) is 1. The molecule has 0 aromatic carbocycles. The second-order valence-corrected chi connectivity index (χ2v) is 3.24. The minimum atomic E-state index is -0.453. The van der Waals surface area contributed by atoms with Gasteiger partial charge in [0, 0.05) is 12.1 Å². The lowest BCUT2D eigenvalue weighted by molar-refractivity contribution is -0.140. The molecule has 0 aliphatic carbocycles. The number of hydrogen-bond donors (Lipinski definition) is 1. The molecule has 0 fully saturated rings. The van der Waals surface area contributed by atoms with Gasteiger partial charge in [0.1, 0.15) is 5.56 Å². The van der Waals surface area contributed by atoms with E-state index < -0.39 is 5.97 Å². The topological polar surface area (TPSA) is 81.3 Å². The van der Waals surface area contributed by atoms with E-state index in [1.165, 1.54) is 14.2 Å². The molecule has 1 rings (SSSR count). The number of hydrogen-bond acceptors (Lipinski definition) is 5. The third-order valence-corrected chi connectivity index (χ3v) is 2.21. The number of H-pyrrole nitrogens is 1. The molecular weight excluding hydrogens is 212 g/mol. The number of aromatic nitrogens is 2. The van der Waals surface area contributed by atoms with Crippen LogP contribution in [0.15, 0.2) is 0 Å². The molecule has 0 atom stereocenters. The maximum Gasteiger partial charge on any atom is 0.341 e. The Bertz CT molecular complexity index is 398. The molecule has 1 aromatic heterocycles. The number of aromatic amines is 1. The number of aryl methyl sites for hydroxylation is 2. The first-order valence-electron chi connectivity index (χ1n) is 4.79. The van der Waals surface area contributed by atoms with Crippen LogP contribution in [0.1, 0.15) is 28.2 Å². The maximum atomic E-state index is 11.4. The lowest BCUT2D eigenvalue weighted by Crippen LogP contribution is -2.08. The Morgan fingerprint density at radius 3 is 2.56 bits per heavy atom. The summed E-state index contributed by atoms with van der Waals surface area (Å²) in [5, 5.41) is 6.65. The van der Waals surface area contributed by atoms with E-state index in [0.29, 0.717) is 23.4 Å². The quantitative estimate of drug-likeness (QED) is 0.761. The van der Waals surface area contributed by atoms with E-state index in [-0.39, 0.29) is 12.4 Å². The number of methoxy groups -OCH3 is 2. The second-order valence-electron chi connectivity index (χ2n) is 3.24. The van der Waals surface area contributed by atoms with Gasteiger partial charge in [-0.2, -0.15) is 5.10 Å². The zero-order valence-electron chi connectivity index (χ0n) is 9.49. The summed E-state index contributed by atoms with van der Waals surface area (Å²) in [6.07, 6.45) is 0.534. The van der Waals surface area contributed by atoms with Gasteiger partial charge in [0.15, 0.2) is 0 Å². The molecule has 0 radical (unpaired) electrons. The first-order chi connectivity index (χ1) is 7.60. The van der Waals surface area contributed by atoms with E-state index in [0.717, 1.165) is 0 Å². The molecule has 0 saturated carbocycles. The smallest absolute Gasteiger partial charge is 0.341 e. The molecular formula is C10H14N2O4. The van der Waals surface area contributed by atoms with Gasteiger partial charge in [-0.1, -0.05) is 0 Å². The normalized spacial score (nSPS) is 9.94. The Kier molecular flexibility index (Phi) is 4.04. The first-order valence-corrected chi connectivity index (χ1v) is 4.79. The SMILES string of the molecule is COC(=O)CCc1n[nH]c(C)c1C(=O)OC. The zero-order chi connectivity index (χ0) is 12.1. The highest BCUT2D eigenvalue weighted by Crippen LogP contribution is 2.13. The lowest BCUT2D eigenvalue weighted by atomic mass is 10.1. The van der Waals surface area contributed by atoms with Crippen LogP contribution in [-0.4, -0.2) is 36.4 Å². The van der Waals surface area contributed by atoms with Crippen molar-refractivity contribution < 1.29 is 19.1 Å². The molecule has 6 nitrogen and oxygen atoms in total. The van der Waals surface area contributed by atoms with Gasteiger partial charge in [-0.3, -0.25) is 9.89 Å². The Hall–Kier alpha value is -1.85. The van der Waals surface area contributed by atoms with Gasteiger partial charge in [0.25, 0.3) is 0 Å². The lowest BCUT2D eigenvalue weighted by Gasteiger charge is -2.01. The Labute approximate surface area is 92.9 Å². The highest BCUT2D eigenvalue weighted by Gasteiger charge is 2.19. The van der Waals surface area contributed by atoms with Crippen molar-refractivity contribution in [1.82, 2.24) is 10.2 Å². The van der Waals surface area contributed by atoms with E-state index in [2.05, 4.69) is 19.7 Å². The Morgan fingerprint density at radius 2 is 2.00 bits per heavy atom. The third-order valence-electron chi connectivity index (χ3n) is 2.21. The third kappa shape index (κ3) is 2.59. The van der Waals surface area contributed by atoms with Crippen LogP contribution in [-0.2, 0) is 20.7 Å². The molecule has 0 aliphatic rings. The van der Waals surface area contributed by atoms with E-state index in [9.17, 15) is 9.59 Å². The summed E-state index contributed by atoms with van der Waals surface area (Å²) in [4.78, 5) is 22.4. The average Bonchev–Trinajstić information content (AvgIpc) is 2.66. The van der Waals surface area contributed by atoms with Crippen LogP contribution in [0.25, 0.3) is 0 Å². The van der Waals surface area contributed by atoms with Crippen LogP contribution in [0.5, 0.6) is 0 Å². The highest BCUT2D eigenvalue weighted by atomic mass is 16.5. The molecule has 6 heteroatoms. The predicted molar refractivity (Wildman–Crippen MR) is 55.0 cm³/mol. The van der Waals surface area contributed by atoms with Gasteiger partial charge in [-0.05, 0) is 6.92 Å². The van der Waals surface area contributed by atoms with Crippen LogP contribution in [0, 0.1) is 6.92 Å². The summed E-state index contributed by atoms with van der Waals surface area (Å²) in [6, 6.07) is 0. The summed E-state index contributed by atoms with van der Waals surface area (Å²) in [6.45, 7) is 1.72. The Balaban J connectivity index is 2.80. The fraction of sp³-hybridized carbons (Fsp3) is 0.500. The summed E-state index contributed by atoms with van der Waals surface area (Å²) >= 11 is 0. The van der Waals surface area contributed by atoms with Gasteiger partial charge < -0.3 is 9.47 Å². The van der Waals surface area contributed by atoms with Crippen molar-refractivity contribution in [1.29, 1.82) is 0 Å². The fourth-order valence-corrected chi connectivity index (χ4v) is 1.36. The number of ether oxygens (including phenoxy) is 2. The van der Waals surface area contributed by atoms with E-state index in [1.807, 2.05) is 0 Å². The minimum absolute atomic E-state index is 0.185. The van der Waals surface area contributed by atoms with Gasteiger partial charge >= 0.3 is 11.9 Å². The van der Waals surface area contributed by atoms with Gasteiger partial charge in [0.05, 0.1) is 26.3 Å². The minimum Gasteiger partial charge on any atom is -0.469 e. The van der Waals surface area contributed by atoms with Gasteiger partial charge in [0.2, 0.25) is 0 Å². The summed E-state index contributed by atoms with van der Waals surface area (Å²) < 4.78 is 9.15. The molecule has 0 unspecified atom stereocenters. The van der Waals surface area contributed by atoms with Crippen molar-refractivity contribution in [3.05, 3.63) is 17.0 Å². The fourth-order valence-electron chi connectivity index (χ4n) is 1.36. The first kappa shape index (κ1) is 12.2. The van der Waals surface area contributed by atoms with Gasteiger partial charge in [-0.25, -0.2) is 4.79 Å². The number of carbonyl (C=O) groups is 2. The van der Waals surface area contributed by atoms with Crippen molar-refractivity contribution >= 4 is 11.9 Å². The zero-order valence-corrected chi connectivity index (χ0v) is 9.49. The number of rotatable bonds is 4. The van der Waals surface area contributed by atoms with E-state index in [1.54, 1.807) is 6.92 Å². The van der Waals surface area contributed by atoms with Crippen molar-refractivity contribution in [2.24, 2.45) is 0 Å².